The number of amidine groups is 1. The Hall–Kier alpha value is -1.62. The third-order valence-corrected chi connectivity index (χ3v) is 4.40. The molecule has 2 rings (SSSR count). The molecule has 0 heterocycles. The van der Waals surface area contributed by atoms with Crippen LogP contribution in [0.4, 0.5) is 4.39 Å². The monoisotopic (exact) mass is 293 g/mol. The van der Waals surface area contributed by atoms with Gasteiger partial charge in [-0.3, -0.25) is 0 Å². The average molecular weight is 293 g/mol. The van der Waals surface area contributed by atoms with Gasteiger partial charge in [-0.05, 0) is 24.8 Å². The van der Waals surface area contributed by atoms with Gasteiger partial charge < -0.3 is 16.3 Å². The Balaban J connectivity index is 1.94. The lowest BCUT2D eigenvalue weighted by molar-refractivity contribution is 0.277. The van der Waals surface area contributed by atoms with Crippen LogP contribution in [0.3, 0.4) is 0 Å². The molecule has 0 radical (unpaired) electrons. The second-order valence-electron chi connectivity index (χ2n) is 5.81. The van der Waals surface area contributed by atoms with Crippen molar-refractivity contribution in [3.8, 4) is 0 Å². The van der Waals surface area contributed by atoms with Gasteiger partial charge in [-0.1, -0.05) is 43.5 Å². The van der Waals surface area contributed by atoms with Crippen LogP contribution in [0, 0.1) is 11.7 Å². The van der Waals surface area contributed by atoms with Crippen molar-refractivity contribution in [2.45, 2.75) is 51.6 Å². The lowest BCUT2D eigenvalue weighted by Crippen LogP contribution is -2.33. The summed E-state index contributed by atoms with van der Waals surface area (Å²) in [5, 5.41) is 14.9. The van der Waals surface area contributed by atoms with Crippen molar-refractivity contribution in [1.29, 1.82) is 0 Å². The number of halogens is 1. The molecular formula is C16H24FN3O. The van der Waals surface area contributed by atoms with Gasteiger partial charge in [0.1, 0.15) is 5.82 Å². The maximum Gasteiger partial charge on any atom is 0.170 e. The Morgan fingerprint density at radius 3 is 2.95 bits per heavy atom. The highest BCUT2D eigenvalue weighted by molar-refractivity contribution is 5.97. The largest absolute Gasteiger partial charge is 0.409 e. The summed E-state index contributed by atoms with van der Waals surface area (Å²) in [6.07, 6.45) is 6.14. The fourth-order valence-electron chi connectivity index (χ4n) is 3.01. The quantitative estimate of drug-likeness (QED) is 0.338. The van der Waals surface area contributed by atoms with E-state index in [9.17, 15) is 4.39 Å². The van der Waals surface area contributed by atoms with Crippen molar-refractivity contribution >= 4 is 5.84 Å². The second kappa shape index (κ2) is 7.41. The summed E-state index contributed by atoms with van der Waals surface area (Å²) in [7, 11) is 0. The van der Waals surface area contributed by atoms with Crippen molar-refractivity contribution < 1.29 is 9.60 Å². The molecule has 5 heteroatoms. The third-order valence-electron chi connectivity index (χ3n) is 4.40. The van der Waals surface area contributed by atoms with Gasteiger partial charge in [-0.15, -0.1) is 0 Å². The second-order valence-corrected chi connectivity index (χ2v) is 5.81. The van der Waals surface area contributed by atoms with Crippen molar-refractivity contribution in [3.63, 3.8) is 0 Å². The fraction of sp³-hybridized carbons (Fsp3) is 0.562. The highest BCUT2D eigenvalue weighted by Crippen LogP contribution is 2.26. The average Bonchev–Trinajstić information content (AvgIpc) is 2.53. The fourth-order valence-corrected chi connectivity index (χ4v) is 3.01. The first kappa shape index (κ1) is 15.8. The number of hydrogen-bond donors (Lipinski definition) is 3. The van der Waals surface area contributed by atoms with E-state index in [1.54, 1.807) is 12.1 Å². The van der Waals surface area contributed by atoms with E-state index in [4.69, 9.17) is 10.9 Å². The lowest BCUT2D eigenvalue weighted by Gasteiger charge is -2.29. The molecule has 21 heavy (non-hydrogen) atoms. The first-order valence-corrected chi connectivity index (χ1v) is 7.63. The number of oxime groups is 1. The van der Waals surface area contributed by atoms with Crippen LogP contribution in [-0.4, -0.2) is 17.1 Å². The minimum Gasteiger partial charge on any atom is -0.409 e. The molecule has 4 nitrogen and oxygen atoms in total. The molecule has 0 aromatic heterocycles. The molecule has 2 unspecified atom stereocenters. The molecule has 1 fully saturated rings. The maximum absolute atomic E-state index is 14.0. The minimum atomic E-state index is -0.325. The van der Waals surface area contributed by atoms with Crippen LogP contribution < -0.4 is 11.1 Å². The smallest absolute Gasteiger partial charge is 0.170 e. The summed E-state index contributed by atoms with van der Waals surface area (Å²) in [5.41, 5.74) is 6.46. The molecular weight excluding hydrogens is 269 g/mol. The summed E-state index contributed by atoms with van der Waals surface area (Å²) >= 11 is 0. The molecule has 1 aromatic rings. The van der Waals surface area contributed by atoms with E-state index in [-0.39, 0.29) is 11.7 Å². The summed E-state index contributed by atoms with van der Waals surface area (Å²) in [6, 6.07) is 5.15. The van der Waals surface area contributed by atoms with Gasteiger partial charge >= 0.3 is 0 Å². The molecule has 1 aromatic carbocycles. The predicted molar refractivity (Wildman–Crippen MR) is 81.8 cm³/mol. The number of nitrogens with one attached hydrogen (secondary N) is 1. The normalized spacial score (nSPS) is 23.2. The SMILES string of the molecule is CCC1CCCC(NCc2ccc(C(N)=NO)cc2F)C1. The van der Waals surface area contributed by atoms with Gasteiger partial charge in [-0.2, -0.15) is 0 Å². The van der Waals surface area contributed by atoms with Gasteiger partial charge in [0.25, 0.3) is 0 Å². The van der Waals surface area contributed by atoms with E-state index in [2.05, 4.69) is 17.4 Å². The first-order chi connectivity index (χ1) is 10.1. The third kappa shape index (κ3) is 4.17. The standard InChI is InChI=1S/C16H24FN3O/c1-2-11-4-3-5-14(8-11)19-10-13-7-6-12(9-15(13)17)16(18)20-21/h6-7,9,11,14,19,21H,2-5,8,10H2,1H3,(H2,18,20). The zero-order valence-corrected chi connectivity index (χ0v) is 12.5. The molecule has 0 aliphatic heterocycles. The van der Waals surface area contributed by atoms with E-state index in [0.29, 0.717) is 23.7 Å². The van der Waals surface area contributed by atoms with Crippen molar-refractivity contribution in [2.75, 3.05) is 0 Å². The molecule has 0 spiro atoms. The van der Waals surface area contributed by atoms with Crippen LogP contribution in [0.2, 0.25) is 0 Å². The summed E-state index contributed by atoms with van der Waals surface area (Å²) in [4.78, 5) is 0. The van der Waals surface area contributed by atoms with E-state index in [1.165, 1.54) is 38.2 Å². The van der Waals surface area contributed by atoms with E-state index in [0.717, 1.165) is 5.92 Å². The minimum absolute atomic E-state index is 0.0773. The highest BCUT2D eigenvalue weighted by atomic mass is 19.1. The highest BCUT2D eigenvalue weighted by Gasteiger charge is 2.20. The van der Waals surface area contributed by atoms with Crippen LogP contribution in [-0.2, 0) is 6.54 Å². The first-order valence-electron chi connectivity index (χ1n) is 7.63. The van der Waals surface area contributed by atoms with Crippen molar-refractivity contribution in [2.24, 2.45) is 16.8 Å². The zero-order chi connectivity index (χ0) is 15.2. The topological polar surface area (TPSA) is 70.6 Å². The molecule has 1 saturated carbocycles. The number of nitrogens with zero attached hydrogens (tertiary/aromatic N) is 1. The van der Waals surface area contributed by atoms with E-state index in [1.807, 2.05) is 0 Å². The summed E-state index contributed by atoms with van der Waals surface area (Å²) in [6.45, 7) is 2.75. The van der Waals surface area contributed by atoms with Crippen molar-refractivity contribution in [1.82, 2.24) is 5.32 Å². The Kier molecular flexibility index (Phi) is 5.56. The maximum atomic E-state index is 14.0. The van der Waals surface area contributed by atoms with E-state index >= 15 is 0 Å². The van der Waals surface area contributed by atoms with Gasteiger partial charge in [0.2, 0.25) is 0 Å². The predicted octanol–water partition coefficient (Wildman–Crippen LogP) is 2.98. The molecule has 1 aliphatic carbocycles. The lowest BCUT2D eigenvalue weighted by atomic mass is 9.84. The molecule has 4 N–H and O–H groups in total. The van der Waals surface area contributed by atoms with Crippen LogP contribution in [0.1, 0.15) is 50.2 Å². The van der Waals surface area contributed by atoms with Gasteiger partial charge in [0.05, 0.1) is 0 Å². The van der Waals surface area contributed by atoms with Gasteiger partial charge in [0, 0.05) is 23.7 Å². The van der Waals surface area contributed by atoms with Gasteiger partial charge in [0.15, 0.2) is 5.84 Å². The zero-order valence-electron chi connectivity index (χ0n) is 12.5. The summed E-state index contributed by atoms with van der Waals surface area (Å²) < 4.78 is 14.0. The number of nitrogens with two attached hydrogens (primary N) is 1. The number of rotatable bonds is 5. The molecule has 2 atom stereocenters. The molecule has 0 amide bonds. The van der Waals surface area contributed by atoms with Crippen LogP contribution >= 0.6 is 0 Å². The van der Waals surface area contributed by atoms with Crippen molar-refractivity contribution in [3.05, 3.63) is 35.1 Å². The number of benzene rings is 1. The molecule has 0 bridgehead atoms. The van der Waals surface area contributed by atoms with Crippen LogP contribution in [0.5, 0.6) is 0 Å². The van der Waals surface area contributed by atoms with Crippen LogP contribution in [0.15, 0.2) is 23.4 Å². The van der Waals surface area contributed by atoms with Gasteiger partial charge in [-0.25, -0.2) is 4.39 Å². The molecule has 0 saturated heterocycles. The number of hydrogen-bond acceptors (Lipinski definition) is 3. The summed E-state index contributed by atoms with van der Waals surface area (Å²) in [5.74, 6) is 0.393. The Labute approximate surface area is 125 Å². The molecule has 116 valence electrons. The Morgan fingerprint density at radius 2 is 2.29 bits per heavy atom. The Morgan fingerprint density at radius 1 is 1.48 bits per heavy atom. The molecule has 1 aliphatic rings. The van der Waals surface area contributed by atoms with Crippen LogP contribution in [0.25, 0.3) is 0 Å². The van der Waals surface area contributed by atoms with E-state index < -0.39 is 0 Å². The Bertz CT molecular complexity index is 504.